The molecule has 0 aliphatic rings. The number of hydrogen-bond donors (Lipinski definition) is 2. The molecule has 36 heavy (non-hydrogen) atoms. The van der Waals surface area contributed by atoms with Gasteiger partial charge in [0.25, 0.3) is 5.91 Å². The normalized spacial score (nSPS) is 12.6. The Hall–Kier alpha value is -2.54. The molecule has 2 N–H and O–H groups in total. The summed E-state index contributed by atoms with van der Waals surface area (Å²) in [5, 5.41) is 13.5. The van der Waals surface area contributed by atoms with Crippen LogP contribution in [0.2, 0.25) is 10.0 Å². The monoisotopic (exact) mass is 531 g/mol. The number of aliphatic hydroxyl groups is 1. The highest BCUT2D eigenvalue weighted by Gasteiger charge is 2.21. The molecule has 1 heterocycles. The van der Waals surface area contributed by atoms with Crippen LogP contribution in [0.25, 0.3) is 11.3 Å². The topological polar surface area (TPSA) is 76.4 Å². The van der Waals surface area contributed by atoms with E-state index in [4.69, 9.17) is 32.9 Å². The lowest BCUT2D eigenvalue weighted by Crippen LogP contribution is -2.37. The Morgan fingerprint density at radius 2 is 1.86 bits per heavy atom. The van der Waals surface area contributed by atoms with Crippen molar-refractivity contribution >= 4 is 29.1 Å². The van der Waals surface area contributed by atoms with Crippen molar-refractivity contribution < 1.29 is 14.6 Å². The van der Waals surface area contributed by atoms with Crippen LogP contribution >= 0.6 is 23.2 Å². The maximum absolute atomic E-state index is 12.9. The molecule has 1 atom stereocenters. The van der Waals surface area contributed by atoms with Gasteiger partial charge in [0.05, 0.1) is 16.8 Å². The van der Waals surface area contributed by atoms with E-state index in [-0.39, 0.29) is 30.1 Å². The van der Waals surface area contributed by atoms with Crippen LogP contribution in [0.4, 0.5) is 0 Å². The molecule has 3 aromatic rings. The number of hydrogen-bond acceptors (Lipinski definition) is 4. The zero-order valence-corrected chi connectivity index (χ0v) is 23.2. The molecule has 0 saturated heterocycles. The zero-order chi connectivity index (χ0) is 26.6. The number of nitrogens with one attached hydrogen (secondary N) is 1. The van der Waals surface area contributed by atoms with E-state index >= 15 is 0 Å². The molecular weight excluding hydrogens is 497 g/mol. The molecule has 1 amide bonds. The third kappa shape index (κ3) is 7.02. The minimum atomic E-state index is -0.307. The van der Waals surface area contributed by atoms with Gasteiger partial charge in [-0.1, -0.05) is 56.1 Å². The average Bonchev–Trinajstić information content (AvgIpc) is 3.18. The van der Waals surface area contributed by atoms with Crippen LogP contribution < -0.4 is 10.1 Å². The first-order valence-corrected chi connectivity index (χ1v) is 12.8. The van der Waals surface area contributed by atoms with Gasteiger partial charge in [-0.2, -0.15) is 0 Å². The van der Waals surface area contributed by atoms with Gasteiger partial charge in [0.15, 0.2) is 0 Å². The number of halogens is 2. The van der Waals surface area contributed by atoms with Crippen molar-refractivity contribution in [1.82, 2.24) is 14.9 Å². The fourth-order valence-corrected chi connectivity index (χ4v) is 4.56. The zero-order valence-electron chi connectivity index (χ0n) is 21.7. The van der Waals surface area contributed by atoms with Gasteiger partial charge in [0, 0.05) is 47.5 Å². The maximum atomic E-state index is 12.9. The largest absolute Gasteiger partial charge is 0.489 e. The van der Waals surface area contributed by atoms with Crippen LogP contribution in [0.5, 0.6) is 5.75 Å². The number of ether oxygens (including phenoxy) is 1. The number of carbonyl (C=O) groups is 1. The van der Waals surface area contributed by atoms with Crippen LogP contribution in [-0.4, -0.2) is 39.3 Å². The van der Waals surface area contributed by atoms with Gasteiger partial charge in [0.1, 0.15) is 11.6 Å². The minimum absolute atomic E-state index is 0.0227. The highest BCUT2D eigenvalue weighted by molar-refractivity contribution is 6.32. The Morgan fingerprint density at radius 3 is 2.42 bits per heavy atom. The number of aromatic nitrogens is 2. The third-order valence-corrected chi connectivity index (χ3v) is 6.38. The van der Waals surface area contributed by atoms with E-state index in [2.05, 4.69) is 26.1 Å². The maximum Gasteiger partial charge on any atom is 0.251 e. The Labute approximate surface area is 223 Å². The molecule has 0 radical (unpaired) electrons. The fourth-order valence-electron chi connectivity index (χ4n) is 4.08. The van der Waals surface area contributed by atoms with Crippen LogP contribution in [0.15, 0.2) is 42.6 Å². The Kier molecular flexibility index (Phi) is 9.09. The Morgan fingerprint density at radius 1 is 1.14 bits per heavy atom. The Bertz CT molecular complexity index is 1220. The van der Waals surface area contributed by atoms with Gasteiger partial charge in [-0.25, -0.2) is 4.98 Å². The van der Waals surface area contributed by atoms with E-state index in [0.29, 0.717) is 34.2 Å². The molecule has 2 aromatic carbocycles. The predicted octanol–water partition coefficient (Wildman–Crippen LogP) is 6.20. The van der Waals surface area contributed by atoms with Crippen LogP contribution in [0.1, 0.15) is 62.8 Å². The van der Waals surface area contributed by atoms with Crippen molar-refractivity contribution in [2.75, 3.05) is 6.61 Å². The highest BCUT2D eigenvalue weighted by atomic mass is 35.5. The Balaban J connectivity index is 1.75. The third-order valence-electron chi connectivity index (χ3n) is 5.73. The lowest BCUT2D eigenvalue weighted by Gasteiger charge is -2.19. The van der Waals surface area contributed by atoms with Gasteiger partial charge in [0.2, 0.25) is 0 Å². The van der Waals surface area contributed by atoms with Crippen molar-refractivity contribution in [3.05, 3.63) is 69.6 Å². The minimum Gasteiger partial charge on any atom is -0.489 e. The quantitative estimate of drug-likeness (QED) is 0.344. The van der Waals surface area contributed by atoms with E-state index in [1.807, 2.05) is 49.9 Å². The lowest BCUT2D eigenvalue weighted by molar-refractivity contribution is 0.0930. The molecule has 0 saturated carbocycles. The van der Waals surface area contributed by atoms with E-state index in [0.717, 1.165) is 22.6 Å². The van der Waals surface area contributed by atoms with Gasteiger partial charge in [-0.05, 0) is 56.5 Å². The number of rotatable bonds is 9. The van der Waals surface area contributed by atoms with E-state index < -0.39 is 0 Å². The van der Waals surface area contributed by atoms with Gasteiger partial charge < -0.3 is 19.7 Å². The summed E-state index contributed by atoms with van der Waals surface area (Å²) >= 11 is 13.0. The second kappa shape index (κ2) is 11.7. The molecule has 0 bridgehead atoms. The predicted molar refractivity (Wildman–Crippen MR) is 146 cm³/mol. The first kappa shape index (κ1) is 28.0. The summed E-state index contributed by atoms with van der Waals surface area (Å²) < 4.78 is 7.68. The number of amides is 1. The number of carbonyl (C=O) groups excluding carboxylic acids is 1. The second-order valence-electron chi connectivity index (χ2n) is 10.3. The molecule has 0 aliphatic heterocycles. The summed E-state index contributed by atoms with van der Waals surface area (Å²) in [4.78, 5) is 17.7. The number of nitrogens with zero attached hydrogens (tertiary/aromatic N) is 2. The van der Waals surface area contributed by atoms with Crippen molar-refractivity contribution in [3.8, 4) is 17.0 Å². The molecule has 0 fully saturated rings. The smallest absolute Gasteiger partial charge is 0.251 e. The molecule has 6 nitrogen and oxygen atoms in total. The van der Waals surface area contributed by atoms with E-state index in [1.54, 1.807) is 18.2 Å². The molecule has 0 aliphatic carbocycles. The molecular formula is C28H35Cl2N3O3. The van der Waals surface area contributed by atoms with Crippen molar-refractivity contribution in [3.63, 3.8) is 0 Å². The van der Waals surface area contributed by atoms with Crippen molar-refractivity contribution in [1.29, 1.82) is 0 Å². The first-order chi connectivity index (χ1) is 16.9. The summed E-state index contributed by atoms with van der Waals surface area (Å²) in [6.45, 7) is 10.2. The average molecular weight is 533 g/mol. The fraction of sp³-hybridized carbons (Fsp3) is 0.429. The molecule has 194 valence electrons. The number of benzene rings is 2. The highest BCUT2D eigenvalue weighted by Crippen LogP contribution is 2.30. The molecule has 8 heteroatoms. The number of imidazole rings is 1. The molecule has 0 spiro atoms. The van der Waals surface area contributed by atoms with Crippen LogP contribution in [0, 0.1) is 0 Å². The molecule has 1 aromatic heterocycles. The van der Waals surface area contributed by atoms with Crippen molar-refractivity contribution in [2.45, 2.75) is 65.0 Å². The van der Waals surface area contributed by atoms with Crippen LogP contribution in [-0.2, 0) is 18.9 Å². The summed E-state index contributed by atoms with van der Waals surface area (Å²) in [6, 6.07) is 10.5. The van der Waals surface area contributed by atoms with Gasteiger partial charge in [-0.3, -0.25) is 4.79 Å². The van der Waals surface area contributed by atoms with Gasteiger partial charge in [-0.15, -0.1) is 0 Å². The molecule has 0 unspecified atom stereocenters. The summed E-state index contributed by atoms with van der Waals surface area (Å²) in [5.41, 5.74) is 3.02. The van der Waals surface area contributed by atoms with Gasteiger partial charge >= 0.3 is 0 Å². The number of aryl methyl sites for hydroxylation is 1. The molecule has 3 rings (SSSR count). The first-order valence-electron chi connectivity index (χ1n) is 12.1. The standard InChI is InChI=1S/C28H35Cl2N3O3/c1-17(2)36-25-10-9-20(15-23(25)30)26(35)31-21(11-12-34)13-18-7-8-19(14-22(18)29)24-16-33(6)27(32-24)28(3,4)5/h7-10,14-17,21,34H,11-13H2,1-6H3,(H,31,35)/t21-/m1/s1. The van der Waals surface area contributed by atoms with Crippen LogP contribution in [0.3, 0.4) is 0 Å². The van der Waals surface area contributed by atoms with Crippen molar-refractivity contribution in [2.24, 2.45) is 7.05 Å². The summed E-state index contributed by atoms with van der Waals surface area (Å²) in [7, 11) is 1.99. The lowest BCUT2D eigenvalue weighted by atomic mass is 9.96. The SMILES string of the molecule is CC(C)Oc1ccc(C(=O)N[C@H](CCO)Cc2ccc(-c3cn(C)c(C(C)(C)C)n3)cc2Cl)cc1Cl. The summed E-state index contributed by atoms with van der Waals surface area (Å²) in [5.74, 6) is 1.25. The van der Waals surface area contributed by atoms with E-state index in [1.165, 1.54) is 0 Å². The second-order valence-corrected chi connectivity index (χ2v) is 11.1. The summed E-state index contributed by atoms with van der Waals surface area (Å²) in [6.07, 6.45) is 2.85. The van der Waals surface area contributed by atoms with E-state index in [9.17, 15) is 9.90 Å². The number of aliphatic hydroxyl groups excluding tert-OH is 1.